The van der Waals surface area contributed by atoms with E-state index in [0.29, 0.717) is 0 Å². The number of hydrogen-bond acceptors (Lipinski definition) is 2. The van der Waals surface area contributed by atoms with E-state index in [1.165, 1.54) is 83.5 Å². The van der Waals surface area contributed by atoms with Gasteiger partial charge in [0.05, 0.1) is 0 Å². The largest absolute Gasteiger partial charge is 0.380 e. The van der Waals surface area contributed by atoms with Gasteiger partial charge in [0.25, 0.3) is 0 Å². The monoisotopic (exact) mass is 446 g/mol. The molecule has 2 rings (SSSR count). The molecule has 0 aromatic heterocycles. The Hall–Kier alpha value is -0.520. The first-order chi connectivity index (χ1) is 15.2. The van der Waals surface area contributed by atoms with E-state index in [0.717, 1.165) is 37.0 Å². The minimum atomic E-state index is -0.686. The van der Waals surface area contributed by atoms with Crippen molar-refractivity contribution in [1.82, 2.24) is 0 Å². The molecule has 0 amide bonds. The first kappa shape index (κ1) is 27.7. The van der Waals surface area contributed by atoms with Crippen molar-refractivity contribution in [2.24, 2.45) is 28.6 Å². The van der Waals surface area contributed by atoms with Gasteiger partial charge in [0, 0.05) is 5.41 Å². The maximum atomic E-state index is 11.2. The second-order valence-electron chi connectivity index (χ2n) is 12.4. The Morgan fingerprint density at radius 1 is 0.781 bits per heavy atom. The minimum absolute atomic E-state index is 0.0619. The lowest BCUT2D eigenvalue weighted by Gasteiger charge is -2.45. The van der Waals surface area contributed by atoms with Crippen molar-refractivity contribution in [3.8, 4) is 11.8 Å². The topological polar surface area (TPSA) is 40.5 Å². The third-order valence-corrected chi connectivity index (χ3v) is 8.84. The summed E-state index contributed by atoms with van der Waals surface area (Å²) in [5.74, 6) is 8.85. The second-order valence-corrected chi connectivity index (χ2v) is 12.4. The molecule has 2 aliphatic rings. The molecular weight excluding hydrogens is 392 g/mol. The Balaban J connectivity index is 1.93. The van der Waals surface area contributed by atoms with Crippen LogP contribution in [0.2, 0.25) is 0 Å². The van der Waals surface area contributed by atoms with Crippen molar-refractivity contribution < 1.29 is 10.2 Å². The molecule has 0 radical (unpaired) electrons. The lowest BCUT2D eigenvalue weighted by molar-refractivity contribution is -0.00158. The summed E-state index contributed by atoms with van der Waals surface area (Å²) in [6.07, 6.45) is 19.6. The van der Waals surface area contributed by atoms with Crippen molar-refractivity contribution in [1.29, 1.82) is 0 Å². The average molecular weight is 447 g/mol. The van der Waals surface area contributed by atoms with E-state index in [1.807, 2.05) is 20.8 Å². The Labute approximate surface area is 200 Å². The van der Waals surface area contributed by atoms with Crippen molar-refractivity contribution in [2.75, 3.05) is 0 Å². The molecule has 0 aliphatic heterocycles. The average Bonchev–Trinajstić information content (AvgIpc) is 2.78. The Morgan fingerprint density at radius 3 is 1.91 bits per heavy atom. The van der Waals surface area contributed by atoms with Gasteiger partial charge in [-0.1, -0.05) is 104 Å². The molecule has 2 nitrogen and oxygen atoms in total. The van der Waals surface area contributed by atoms with E-state index in [1.54, 1.807) is 0 Å². The van der Waals surface area contributed by atoms with Crippen LogP contribution >= 0.6 is 0 Å². The molecule has 2 saturated carbocycles. The van der Waals surface area contributed by atoms with Crippen LogP contribution in [0.5, 0.6) is 0 Å². The fraction of sp³-hybridized carbons (Fsp3) is 0.933. The van der Waals surface area contributed by atoms with E-state index >= 15 is 0 Å². The molecular formula is C30H54O2. The van der Waals surface area contributed by atoms with E-state index < -0.39 is 12.2 Å². The van der Waals surface area contributed by atoms with Crippen LogP contribution in [0, 0.1) is 40.4 Å². The normalized spacial score (nSPS) is 30.9. The lowest BCUT2D eigenvalue weighted by Crippen LogP contribution is -2.40. The SMILES string of the molecule is CCCCCC1CCC(C2CCC(CCCCC)(C(O)C#CC(O)C(C)(C)C)CC2)CC1. The van der Waals surface area contributed by atoms with Gasteiger partial charge in [0.1, 0.15) is 12.2 Å². The molecule has 2 heteroatoms. The lowest BCUT2D eigenvalue weighted by atomic mass is 9.61. The Bertz CT molecular complexity index is 562. The van der Waals surface area contributed by atoms with Crippen molar-refractivity contribution in [3.05, 3.63) is 0 Å². The van der Waals surface area contributed by atoms with Gasteiger partial charge in [0.15, 0.2) is 0 Å². The van der Waals surface area contributed by atoms with Crippen LogP contribution in [0.3, 0.4) is 0 Å². The molecule has 2 N–H and O–H groups in total. The summed E-state index contributed by atoms with van der Waals surface area (Å²) in [6.45, 7) is 10.5. The van der Waals surface area contributed by atoms with Crippen LogP contribution in [-0.4, -0.2) is 22.4 Å². The summed E-state index contributed by atoms with van der Waals surface area (Å²) in [7, 11) is 0. The number of aliphatic hydroxyl groups excluding tert-OH is 2. The zero-order valence-electron chi connectivity index (χ0n) is 22.1. The molecule has 0 aromatic rings. The molecule has 2 aliphatic carbocycles. The highest BCUT2D eigenvalue weighted by Crippen LogP contribution is 2.49. The molecule has 0 heterocycles. The summed E-state index contributed by atoms with van der Waals surface area (Å²) in [4.78, 5) is 0. The zero-order valence-corrected chi connectivity index (χ0v) is 22.1. The maximum absolute atomic E-state index is 11.2. The second kappa shape index (κ2) is 13.4. The van der Waals surface area contributed by atoms with Crippen LogP contribution in [0.15, 0.2) is 0 Å². The van der Waals surface area contributed by atoms with Crippen LogP contribution in [0.4, 0.5) is 0 Å². The summed E-state index contributed by atoms with van der Waals surface area (Å²) in [5, 5.41) is 21.5. The van der Waals surface area contributed by atoms with Gasteiger partial charge in [0.2, 0.25) is 0 Å². The quantitative estimate of drug-likeness (QED) is 0.264. The van der Waals surface area contributed by atoms with E-state index in [-0.39, 0.29) is 10.8 Å². The molecule has 0 aromatic carbocycles. The summed E-state index contributed by atoms with van der Waals surface area (Å²) < 4.78 is 0. The standard InChI is InChI=1S/C30H54O2/c1-6-8-10-12-24-13-15-25(16-14-24)26-19-22-30(23-20-26,21-11-9-7-2)28(32)18-17-27(31)29(3,4)5/h24-28,31-32H,6-16,19-23H2,1-5H3. The zero-order chi connectivity index (χ0) is 23.6. The molecule has 0 spiro atoms. The molecule has 2 unspecified atom stereocenters. The number of hydrogen-bond donors (Lipinski definition) is 2. The number of rotatable bonds is 10. The number of aliphatic hydroxyl groups is 2. The van der Waals surface area contributed by atoms with E-state index in [2.05, 4.69) is 25.7 Å². The molecule has 0 saturated heterocycles. The van der Waals surface area contributed by atoms with Crippen LogP contribution in [0.25, 0.3) is 0 Å². The maximum Gasteiger partial charge on any atom is 0.120 e. The van der Waals surface area contributed by atoms with Crippen LogP contribution in [-0.2, 0) is 0 Å². The predicted octanol–water partition coefficient (Wildman–Crippen LogP) is 7.90. The predicted molar refractivity (Wildman–Crippen MR) is 137 cm³/mol. The van der Waals surface area contributed by atoms with Crippen molar-refractivity contribution >= 4 is 0 Å². The van der Waals surface area contributed by atoms with E-state index in [9.17, 15) is 10.2 Å². The van der Waals surface area contributed by atoms with Crippen molar-refractivity contribution in [2.45, 2.75) is 150 Å². The molecule has 2 fully saturated rings. The van der Waals surface area contributed by atoms with Crippen LogP contribution in [0.1, 0.15) is 137 Å². The fourth-order valence-electron chi connectivity index (χ4n) is 6.23. The van der Waals surface area contributed by atoms with Gasteiger partial charge >= 0.3 is 0 Å². The van der Waals surface area contributed by atoms with Gasteiger partial charge in [-0.05, 0) is 68.1 Å². The highest BCUT2D eigenvalue weighted by molar-refractivity contribution is 5.15. The molecule has 0 bridgehead atoms. The highest BCUT2D eigenvalue weighted by Gasteiger charge is 2.42. The van der Waals surface area contributed by atoms with Gasteiger partial charge < -0.3 is 10.2 Å². The molecule has 2 atom stereocenters. The first-order valence-electron chi connectivity index (χ1n) is 14.1. The summed E-state index contributed by atoms with van der Waals surface area (Å²) in [5.41, 5.74) is -0.331. The van der Waals surface area contributed by atoms with Gasteiger partial charge in [-0.3, -0.25) is 0 Å². The fourth-order valence-corrected chi connectivity index (χ4v) is 6.23. The highest BCUT2D eigenvalue weighted by atomic mass is 16.3. The van der Waals surface area contributed by atoms with Crippen molar-refractivity contribution in [3.63, 3.8) is 0 Å². The summed E-state index contributed by atoms with van der Waals surface area (Å²) in [6, 6.07) is 0. The molecule has 32 heavy (non-hydrogen) atoms. The van der Waals surface area contributed by atoms with Gasteiger partial charge in [-0.25, -0.2) is 0 Å². The van der Waals surface area contributed by atoms with E-state index in [4.69, 9.17) is 0 Å². The summed E-state index contributed by atoms with van der Waals surface area (Å²) >= 11 is 0. The Morgan fingerprint density at radius 2 is 1.34 bits per heavy atom. The van der Waals surface area contributed by atoms with Gasteiger partial charge in [-0.2, -0.15) is 0 Å². The first-order valence-corrected chi connectivity index (χ1v) is 14.1. The molecule has 186 valence electrons. The minimum Gasteiger partial charge on any atom is -0.380 e. The Kier molecular flexibility index (Phi) is 11.6. The number of unbranched alkanes of at least 4 members (excludes halogenated alkanes) is 4. The van der Waals surface area contributed by atoms with Gasteiger partial charge in [-0.15, -0.1) is 0 Å². The third kappa shape index (κ3) is 8.36. The smallest absolute Gasteiger partial charge is 0.120 e. The third-order valence-electron chi connectivity index (χ3n) is 8.84. The van der Waals surface area contributed by atoms with Crippen LogP contribution < -0.4 is 0 Å².